The number of methoxy groups -OCH3 is 1. The minimum atomic E-state index is -0.789. The third-order valence-electron chi connectivity index (χ3n) is 6.73. The zero-order chi connectivity index (χ0) is 24.6. The predicted molar refractivity (Wildman–Crippen MR) is 132 cm³/mol. The van der Waals surface area contributed by atoms with Crippen molar-refractivity contribution in [3.8, 4) is 5.75 Å². The van der Waals surface area contributed by atoms with Crippen molar-refractivity contribution in [2.45, 2.75) is 51.5 Å². The van der Waals surface area contributed by atoms with Gasteiger partial charge in [-0.05, 0) is 30.5 Å². The van der Waals surface area contributed by atoms with Crippen LogP contribution in [0.2, 0.25) is 0 Å². The first-order valence-electron chi connectivity index (χ1n) is 12.3. The van der Waals surface area contributed by atoms with Gasteiger partial charge in [-0.15, -0.1) is 0 Å². The van der Waals surface area contributed by atoms with Gasteiger partial charge in [-0.1, -0.05) is 32.4 Å². The summed E-state index contributed by atoms with van der Waals surface area (Å²) in [6, 6.07) is 7.51. The topological polar surface area (TPSA) is 70.1 Å². The number of unbranched alkanes of at least 4 members (excludes halogenated alkanes) is 1. The number of likely N-dealkylation sites (tertiary alicyclic amines) is 1. The summed E-state index contributed by atoms with van der Waals surface area (Å²) in [4.78, 5) is 29.7. The van der Waals surface area contributed by atoms with Crippen LogP contribution in [0.1, 0.15) is 51.0 Å². The van der Waals surface area contributed by atoms with E-state index in [-0.39, 0.29) is 24.4 Å². The lowest BCUT2D eigenvalue weighted by molar-refractivity contribution is -0.870. The number of carbonyl (C=O) groups is 2. The number of carboxylic acids is 1. The minimum Gasteiger partial charge on any atom is -0.497 e. The standard InChI is InChI=1S/C26H43N3O4/c1-7-9-15-27(16-10-17-29(3,4)5)24(30)19-28-18-22(25(26(31)32)23(28)8-2)20-11-13-21(33-6)14-12-20/h11-14,22-23,25H,7-10,15-19H2,1-6H3/p+1. The number of hydrogen-bond donors (Lipinski definition) is 1. The molecule has 0 saturated carbocycles. The second kappa shape index (κ2) is 12.4. The molecule has 3 unspecified atom stereocenters. The number of ether oxygens (including phenoxy) is 1. The molecule has 186 valence electrons. The van der Waals surface area contributed by atoms with E-state index in [1.54, 1.807) is 7.11 Å². The summed E-state index contributed by atoms with van der Waals surface area (Å²) in [5, 5.41) is 10.1. The molecule has 0 spiro atoms. The Bertz CT molecular complexity index is 760. The van der Waals surface area contributed by atoms with Crippen molar-refractivity contribution < 1.29 is 23.9 Å². The van der Waals surface area contributed by atoms with Gasteiger partial charge in [0, 0.05) is 38.0 Å². The maximum absolute atomic E-state index is 13.3. The fourth-order valence-corrected chi connectivity index (χ4v) is 4.91. The van der Waals surface area contributed by atoms with E-state index in [9.17, 15) is 14.7 Å². The molecule has 0 bridgehead atoms. The SMILES string of the molecule is CCCCN(CCC[N+](C)(C)C)C(=O)CN1CC(c2ccc(OC)cc2)C(C(=O)O)C1CC. The molecule has 7 heteroatoms. The average molecular weight is 463 g/mol. The van der Waals surface area contributed by atoms with Crippen molar-refractivity contribution in [2.24, 2.45) is 5.92 Å². The number of hydrogen-bond acceptors (Lipinski definition) is 4. The molecule has 33 heavy (non-hydrogen) atoms. The van der Waals surface area contributed by atoms with E-state index < -0.39 is 11.9 Å². The monoisotopic (exact) mass is 462 g/mol. The molecule has 1 saturated heterocycles. The molecular weight excluding hydrogens is 418 g/mol. The number of aliphatic carboxylic acids is 1. The molecule has 7 nitrogen and oxygen atoms in total. The van der Waals surface area contributed by atoms with Crippen LogP contribution in [0.4, 0.5) is 0 Å². The number of nitrogens with zero attached hydrogens (tertiary/aromatic N) is 3. The van der Waals surface area contributed by atoms with E-state index in [0.29, 0.717) is 13.0 Å². The molecule has 1 heterocycles. The summed E-state index contributed by atoms with van der Waals surface area (Å²) in [5.41, 5.74) is 0.988. The van der Waals surface area contributed by atoms with Gasteiger partial charge < -0.3 is 19.2 Å². The number of rotatable bonds is 13. The summed E-state index contributed by atoms with van der Waals surface area (Å²) >= 11 is 0. The van der Waals surface area contributed by atoms with Crippen LogP contribution in [0.5, 0.6) is 5.75 Å². The molecule has 0 aliphatic carbocycles. The number of carbonyl (C=O) groups excluding carboxylic acids is 1. The van der Waals surface area contributed by atoms with E-state index >= 15 is 0 Å². The molecule has 1 N–H and O–H groups in total. The highest BCUT2D eigenvalue weighted by molar-refractivity contribution is 5.79. The fraction of sp³-hybridized carbons (Fsp3) is 0.692. The minimum absolute atomic E-state index is 0.114. The second-order valence-electron chi connectivity index (χ2n) is 10.3. The Morgan fingerprint density at radius 1 is 1.12 bits per heavy atom. The maximum atomic E-state index is 13.3. The molecule has 0 aromatic heterocycles. The summed E-state index contributed by atoms with van der Waals surface area (Å²) in [6.07, 6.45) is 3.69. The van der Waals surface area contributed by atoms with Gasteiger partial charge in [0.25, 0.3) is 0 Å². The first kappa shape index (κ1) is 27.1. The largest absolute Gasteiger partial charge is 0.497 e. The third-order valence-corrected chi connectivity index (χ3v) is 6.73. The van der Waals surface area contributed by atoms with E-state index in [1.165, 1.54) is 0 Å². The highest BCUT2D eigenvalue weighted by Gasteiger charge is 2.46. The Kier molecular flexibility index (Phi) is 10.2. The van der Waals surface area contributed by atoms with Crippen LogP contribution in [-0.2, 0) is 9.59 Å². The molecule has 1 aliphatic rings. The first-order chi connectivity index (χ1) is 15.6. The number of quaternary nitrogens is 1. The van der Waals surface area contributed by atoms with Crippen LogP contribution >= 0.6 is 0 Å². The summed E-state index contributed by atoms with van der Waals surface area (Å²) in [5.74, 6) is -0.596. The van der Waals surface area contributed by atoms with Crippen molar-refractivity contribution in [3.63, 3.8) is 0 Å². The fourth-order valence-electron chi connectivity index (χ4n) is 4.91. The van der Waals surface area contributed by atoms with Gasteiger partial charge in [-0.25, -0.2) is 0 Å². The highest BCUT2D eigenvalue weighted by Crippen LogP contribution is 2.39. The average Bonchev–Trinajstić information content (AvgIpc) is 3.13. The van der Waals surface area contributed by atoms with Crippen LogP contribution in [0.25, 0.3) is 0 Å². The van der Waals surface area contributed by atoms with Crippen molar-refractivity contribution in [2.75, 3.05) is 61.0 Å². The molecule has 3 atom stereocenters. The van der Waals surface area contributed by atoms with Crippen LogP contribution in [0.3, 0.4) is 0 Å². The van der Waals surface area contributed by atoms with Crippen LogP contribution in [0.15, 0.2) is 24.3 Å². The molecule has 1 amide bonds. The Morgan fingerprint density at radius 2 is 1.76 bits per heavy atom. The van der Waals surface area contributed by atoms with E-state index in [4.69, 9.17) is 4.74 Å². The maximum Gasteiger partial charge on any atom is 0.308 e. The van der Waals surface area contributed by atoms with E-state index in [1.807, 2.05) is 36.1 Å². The van der Waals surface area contributed by atoms with Crippen molar-refractivity contribution in [3.05, 3.63) is 29.8 Å². The van der Waals surface area contributed by atoms with Crippen LogP contribution < -0.4 is 4.74 Å². The van der Waals surface area contributed by atoms with Gasteiger partial charge in [0.05, 0.1) is 47.3 Å². The lowest BCUT2D eigenvalue weighted by atomic mass is 9.84. The van der Waals surface area contributed by atoms with Gasteiger partial charge >= 0.3 is 5.97 Å². The van der Waals surface area contributed by atoms with Gasteiger partial charge in [0.1, 0.15) is 5.75 Å². The zero-order valence-electron chi connectivity index (χ0n) is 21.4. The second-order valence-corrected chi connectivity index (χ2v) is 10.3. The molecule has 2 rings (SSSR count). The quantitative estimate of drug-likeness (QED) is 0.456. The number of carboxylic acid groups (broad SMARTS) is 1. The van der Waals surface area contributed by atoms with Crippen molar-refractivity contribution in [1.29, 1.82) is 0 Å². The third kappa shape index (κ3) is 7.71. The van der Waals surface area contributed by atoms with Gasteiger partial charge in [-0.3, -0.25) is 14.5 Å². The molecule has 1 aromatic rings. The number of benzene rings is 1. The Labute approximate surface area is 199 Å². The van der Waals surface area contributed by atoms with E-state index in [0.717, 1.165) is 54.7 Å². The smallest absolute Gasteiger partial charge is 0.308 e. The van der Waals surface area contributed by atoms with E-state index in [2.05, 4.69) is 33.0 Å². The Hall–Kier alpha value is -2.12. The van der Waals surface area contributed by atoms with Gasteiger partial charge in [0.15, 0.2) is 0 Å². The summed E-state index contributed by atoms with van der Waals surface area (Å²) in [6.45, 7) is 7.54. The molecule has 1 fully saturated rings. The first-order valence-corrected chi connectivity index (χ1v) is 12.3. The highest BCUT2D eigenvalue weighted by atomic mass is 16.5. The molecular formula is C26H44N3O4+. The molecule has 1 aromatic carbocycles. The predicted octanol–water partition coefficient (Wildman–Crippen LogP) is 3.30. The molecule has 0 radical (unpaired) electrons. The van der Waals surface area contributed by atoms with Crippen molar-refractivity contribution in [1.82, 2.24) is 9.80 Å². The van der Waals surface area contributed by atoms with Crippen molar-refractivity contribution >= 4 is 11.9 Å². The Balaban J connectivity index is 2.16. The number of amides is 1. The molecule has 1 aliphatic heterocycles. The van der Waals surface area contributed by atoms with Gasteiger partial charge in [-0.2, -0.15) is 0 Å². The van der Waals surface area contributed by atoms with Crippen LogP contribution in [-0.4, -0.2) is 98.3 Å². The normalized spacial score (nSPS) is 21.2. The zero-order valence-corrected chi connectivity index (χ0v) is 21.4. The van der Waals surface area contributed by atoms with Crippen LogP contribution in [0, 0.1) is 5.92 Å². The lowest BCUT2D eigenvalue weighted by Gasteiger charge is -2.30. The summed E-state index contributed by atoms with van der Waals surface area (Å²) in [7, 11) is 8.12. The van der Waals surface area contributed by atoms with Gasteiger partial charge in [0.2, 0.25) is 5.91 Å². The Morgan fingerprint density at radius 3 is 2.27 bits per heavy atom. The summed E-state index contributed by atoms with van der Waals surface area (Å²) < 4.78 is 6.13. The lowest BCUT2D eigenvalue weighted by Crippen LogP contribution is -2.45.